The topological polar surface area (TPSA) is 72.5 Å². The molecule has 0 fully saturated rings. The van der Waals surface area contributed by atoms with Crippen molar-refractivity contribution in [3.05, 3.63) is 0 Å². The molecule has 0 bridgehead atoms. The molecule has 0 rings (SSSR count). The monoisotopic (exact) mass is 181 g/mol. The van der Waals surface area contributed by atoms with Gasteiger partial charge in [0.1, 0.15) is 0 Å². The maximum Gasteiger partial charge on any atom is 0.331 e. The van der Waals surface area contributed by atoms with Gasteiger partial charge in [0.2, 0.25) is 10.9 Å². The van der Waals surface area contributed by atoms with E-state index in [-0.39, 0.29) is 0 Å². The van der Waals surface area contributed by atoms with Crippen molar-refractivity contribution >= 4 is 16.9 Å². The van der Waals surface area contributed by atoms with Gasteiger partial charge in [0.15, 0.2) is 0 Å². The summed E-state index contributed by atoms with van der Waals surface area (Å²) in [5.74, 6) is -0.614. The molecule has 0 saturated carbocycles. The summed E-state index contributed by atoms with van der Waals surface area (Å²) in [5, 5.41) is 0. The molecule has 0 aromatic rings. The molecule has 5 nitrogen and oxygen atoms in total. The van der Waals surface area contributed by atoms with Crippen LogP contribution in [0.25, 0.3) is 0 Å². The summed E-state index contributed by atoms with van der Waals surface area (Å²) in [5.41, 5.74) is -0.696. The zero-order valence-corrected chi connectivity index (χ0v) is 7.47. The average molecular weight is 181 g/mol. The van der Waals surface area contributed by atoms with E-state index in [0.29, 0.717) is 0 Å². The van der Waals surface area contributed by atoms with Crippen molar-refractivity contribution in [3.8, 4) is 0 Å². The maximum atomic E-state index is 10.8. The Morgan fingerprint density at radius 3 is 2.09 bits per heavy atom. The summed E-state index contributed by atoms with van der Waals surface area (Å²) in [6.45, 7) is 4.86. The predicted octanol–water partition coefficient (Wildman–Crippen LogP) is -0.393. The molecule has 11 heavy (non-hydrogen) atoms. The summed E-state index contributed by atoms with van der Waals surface area (Å²) in [6, 6.07) is 0. The molecule has 0 spiro atoms. The summed E-state index contributed by atoms with van der Waals surface area (Å²) in [6.07, 6.45) is 0. The fourth-order valence-electron chi connectivity index (χ4n) is 0.232. The fraction of sp³-hybridized carbons (Fsp3) is 0.800. The molecule has 0 amide bonds. The van der Waals surface area contributed by atoms with Gasteiger partial charge < -0.3 is 4.84 Å². The average Bonchev–Trinajstić information content (AvgIpc) is 1.80. The van der Waals surface area contributed by atoms with Crippen LogP contribution in [0.2, 0.25) is 0 Å². The van der Waals surface area contributed by atoms with E-state index in [9.17, 15) is 13.2 Å². The molecule has 0 unspecified atom stereocenters. The number of rotatable bonds is 2. The van der Waals surface area contributed by atoms with Crippen molar-refractivity contribution in [2.75, 3.05) is 0 Å². The lowest BCUT2D eigenvalue weighted by Crippen LogP contribution is -2.28. The molecule has 0 atom stereocenters. The van der Waals surface area contributed by atoms with Crippen LogP contribution in [0.4, 0.5) is 0 Å². The van der Waals surface area contributed by atoms with Gasteiger partial charge in [-0.2, -0.15) is 0 Å². The molecule has 6 heteroatoms. The van der Waals surface area contributed by atoms with Crippen LogP contribution < -0.4 is 4.89 Å². The highest BCUT2D eigenvalue weighted by atomic mass is 32.2. The first kappa shape index (κ1) is 10.4. The highest BCUT2D eigenvalue weighted by molar-refractivity contribution is 7.70. The molecule has 0 aromatic carbocycles. The van der Waals surface area contributed by atoms with E-state index >= 15 is 0 Å². The molecular weight excluding hydrogens is 170 g/mol. The molecule has 0 radical (unpaired) electrons. The van der Waals surface area contributed by atoms with Gasteiger partial charge in [0.25, 0.3) is 0 Å². The van der Waals surface area contributed by atoms with Crippen LogP contribution in [0.1, 0.15) is 20.8 Å². The third-order valence-corrected chi connectivity index (χ3v) is 1.07. The molecule has 0 heterocycles. The van der Waals surface area contributed by atoms with Gasteiger partial charge in [-0.15, -0.1) is 0 Å². The second kappa shape index (κ2) is 3.68. The largest absolute Gasteiger partial charge is 0.356 e. The highest BCUT2D eigenvalue weighted by Crippen LogP contribution is 2.13. The van der Waals surface area contributed by atoms with Crippen LogP contribution in [0.15, 0.2) is 0 Å². The minimum absolute atomic E-state index is 0.614. The molecule has 1 N–H and O–H groups in total. The zero-order valence-electron chi connectivity index (χ0n) is 6.58. The molecule has 0 aliphatic rings. The third-order valence-electron chi connectivity index (χ3n) is 0.825. The second-order valence-corrected chi connectivity index (χ2v) is 3.68. The van der Waals surface area contributed by atoms with E-state index in [4.69, 9.17) is 0 Å². The third kappa shape index (κ3) is 4.74. The van der Waals surface area contributed by atoms with E-state index in [2.05, 4.69) is 4.84 Å². The van der Waals surface area contributed by atoms with E-state index in [0.717, 1.165) is 0 Å². The van der Waals surface area contributed by atoms with Crippen molar-refractivity contribution in [1.29, 1.82) is 0 Å². The van der Waals surface area contributed by atoms with Crippen LogP contribution in [0.5, 0.6) is 0 Å². The van der Waals surface area contributed by atoms with Crippen LogP contribution >= 0.6 is 0 Å². The normalized spacial score (nSPS) is 11.6. The van der Waals surface area contributed by atoms with Crippen molar-refractivity contribution in [1.82, 2.24) is 4.89 Å². The Balaban J connectivity index is 3.90. The number of carbonyl (C=O) groups is 1. The smallest absolute Gasteiger partial charge is 0.331 e. The van der Waals surface area contributed by atoms with Crippen LogP contribution in [0, 0.1) is 5.41 Å². The van der Waals surface area contributed by atoms with Crippen LogP contribution in [-0.2, 0) is 20.5 Å². The van der Waals surface area contributed by atoms with E-state index in [1.54, 1.807) is 25.7 Å². The van der Waals surface area contributed by atoms with E-state index in [1.807, 2.05) is 0 Å². The van der Waals surface area contributed by atoms with Gasteiger partial charge in [-0.05, 0) is 25.7 Å². The number of hydrogen-bond donors (Lipinski definition) is 2. The van der Waals surface area contributed by atoms with Gasteiger partial charge in [0, 0.05) is 0 Å². The highest BCUT2D eigenvalue weighted by Gasteiger charge is 2.23. The number of hydrogen-bond acceptors (Lipinski definition) is 4. The van der Waals surface area contributed by atoms with Crippen LogP contribution in [-0.4, -0.2) is 14.4 Å². The van der Waals surface area contributed by atoms with Gasteiger partial charge in [-0.25, -0.2) is 13.2 Å². The quantitative estimate of drug-likeness (QED) is 0.449. The predicted molar refractivity (Wildman–Crippen MR) is 39.0 cm³/mol. The lowest BCUT2D eigenvalue weighted by molar-refractivity contribution is -0.156. The maximum absolute atomic E-state index is 10.8. The number of carbonyl (C=O) groups excluding carboxylic acids is 1. The summed E-state index contributed by atoms with van der Waals surface area (Å²) in [7, 11) is -2.87. The Morgan fingerprint density at radius 1 is 1.36 bits per heavy atom. The van der Waals surface area contributed by atoms with Crippen molar-refractivity contribution in [2.45, 2.75) is 20.8 Å². The lowest BCUT2D eigenvalue weighted by atomic mass is 9.98. The van der Waals surface area contributed by atoms with Gasteiger partial charge in [-0.1, -0.05) is 0 Å². The standard InChI is InChI=1S/C5H11NO4S/c1-5(2,3)4(7)10-6-11(8)9/h11H,1-3H3,(H,6,8,9). The minimum Gasteiger partial charge on any atom is -0.356 e. The van der Waals surface area contributed by atoms with Crippen molar-refractivity contribution in [2.24, 2.45) is 5.41 Å². The lowest BCUT2D eigenvalue weighted by Gasteiger charge is -2.13. The Hall–Kier alpha value is -0.620. The Labute approximate surface area is 66.8 Å². The molecule has 0 aliphatic heterocycles. The number of thiol groups is 1. The second-order valence-electron chi connectivity index (χ2n) is 2.99. The molecule has 0 aliphatic carbocycles. The first-order chi connectivity index (χ1) is 4.84. The molecule has 0 saturated heterocycles. The Bertz CT molecular complexity index is 207. The minimum atomic E-state index is -2.87. The van der Waals surface area contributed by atoms with Crippen LogP contribution in [0.3, 0.4) is 0 Å². The summed E-state index contributed by atoms with van der Waals surface area (Å²) >= 11 is 0. The Morgan fingerprint density at radius 2 is 1.82 bits per heavy atom. The molecular formula is C5H11NO4S. The molecule has 66 valence electrons. The Kier molecular flexibility index (Phi) is 3.47. The van der Waals surface area contributed by atoms with Crippen molar-refractivity contribution < 1.29 is 18.0 Å². The van der Waals surface area contributed by atoms with Gasteiger partial charge >= 0.3 is 5.97 Å². The fourth-order valence-corrected chi connectivity index (χ4v) is 0.389. The van der Waals surface area contributed by atoms with E-state index < -0.39 is 22.3 Å². The first-order valence-corrected chi connectivity index (χ1v) is 4.13. The zero-order chi connectivity index (χ0) is 9.07. The van der Waals surface area contributed by atoms with E-state index in [1.165, 1.54) is 0 Å². The number of nitrogens with one attached hydrogen (secondary N) is 1. The van der Waals surface area contributed by atoms with Crippen molar-refractivity contribution in [3.63, 3.8) is 0 Å². The summed E-state index contributed by atoms with van der Waals surface area (Å²) in [4.78, 5) is 16.6. The molecule has 0 aromatic heterocycles. The first-order valence-electron chi connectivity index (χ1n) is 2.95. The van der Waals surface area contributed by atoms with Gasteiger partial charge in [-0.3, -0.25) is 0 Å². The SMILES string of the molecule is CC(C)(C)C(=O)ON[SH](=O)=O. The van der Waals surface area contributed by atoms with Gasteiger partial charge in [0.05, 0.1) is 5.41 Å². The summed E-state index contributed by atoms with van der Waals surface area (Å²) < 4.78 is 19.8.